The van der Waals surface area contributed by atoms with Gasteiger partial charge in [-0.05, 0) is 26.0 Å². The van der Waals surface area contributed by atoms with E-state index in [1.165, 1.54) is 6.07 Å². The summed E-state index contributed by atoms with van der Waals surface area (Å²) < 4.78 is 4.84. The van der Waals surface area contributed by atoms with Gasteiger partial charge in [-0.2, -0.15) is 0 Å². The minimum Gasteiger partial charge on any atom is -0.466 e. The molecule has 0 fully saturated rings. The van der Waals surface area contributed by atoms with Gasteiger partial charge in [-0.15, -0.1) is 4.98 Å². The Balaban J connectivity index is 2.21. The summed E-state index contributed by atoms with van der Waals surface area (Å²) in [4.78, 5) is 32.6. The van der Waals surface area contributed by atoms with Crippen LogP contribution in [0.5, 0.6) is 0 Å². The quantitative estimate of drug-likeness (QED) is 0.336. The molecule has 0 aliphatic heterocycles. The topological polar surface area (TPSA) is 124 Å². The molecule has 25 heavy (non-hydrogen) atoms. The van der Waals surface area contributed by atoms with Crippen molar-refractivity contribution in [1.29, 1.82) is 0 Å². The SMILES string of the molecule is CCOC(=O)Cc1cc(=O)[nH]c([NH+]=C(N)Nc2cccc(Cl)c2C)n1. The van der Waals surface area contributed by atoms with Crippen LogP contribution in [-0.4, -0.2) is 28.5 Å². The summed E-state index contributed by atoms with van der Waals surface area (Å²) >= 11 is 6.06. The average Bonchev–Trinajstić information content (AvgIpc) is 2.51. The number of hydrogen-bond donors (Lipinski definition) is 4. The number of esters is 1. The molecule has 0 saturated heterocycles. The first-order valence-electron chi connectivity index (χ1n) is 7.56. The number of guanidine groups is 1. The number of ether oxygens (including phenoxy) is 1. The molecule has 0 spiro atoms. The standard InChI is InChI=1S/C16H18ClN5O3/c1-3-25-14(24)8-10-7-13(23)21-16(19-10)22-15(18)20-12-6-4-5-11(17)9(12)2/h4-7H,3,8H2,1-2H3,(H4,18,19,20,21,22,23)/p+1. The van der Waals surface area contributed by atoms with Gasteiger partial charge in [-0.3, -0.25) is 14.9 Å². The zero-order valence-electron chi connectivity index (χ0n) is 13.9. The number of halogens is 1. The van der Waals surface area contributed by atoms with Crippen molar-refractivity contribution >= 4 is 35.2 Å². The van der Waals surface area contributed by atoms with Gasteiger partial charge in [0, 0.05) is 16.7 Å². The predicted octanol–water partition coefficient (Wildman–Crippen LogP) is -0.0238. The molecule has 2 aromatic rings. The molecule has 0 unspecified atom stereocenters. The molecule has 1 aromatic heterocycles. The van der Waals surface area contributed by atoms with Crippen LogP contribution in [-0.2, 0) is 16.0 Å². The summed E-state index contributed by atoms with van der Waals surface area (Å²) in [5.41, 5.74) is 7.30. The Kier molecular flexibility index (Phi) is 6.13. The van der Waals surface area contributed by atoms with E-state index in [1.807, 2.05) is 13.0 Å². The van der Waals surface area contributed by atoms with Gasteiger partial charge in [0.1, 0.15) is 5.69 Å². The average molecular weight is 365 g/mol. The minimum absolute atomic E-state index is 0.104. The van der Waals surface area contributed by atoms with Crippen LogP contribution in [0.4, 0.5) is 11.6 Å². The number of rotatable bonds is 5. The largest absolute Gasteiger partial charge is 0.466 e. The van der Waals surface area contributed by atoms with Crippen molar-refractivity contribution in [2.45, 2.75) is 20.3 Å². The normalized spacial score (nSPS) is 11.2. The number of nitrogens with zero attached hydrogens (tertiary/aromatic N) is 1. The van der Waals surface area contributed by atoms with Crippen LogP contribution in [0.2, 0.25) is 5.02 Å². The molecule has 0 bridgehead atoms. The third-order valence-electron chi connectivity index (χ3n) is 3.22. The number of carbonyl (C=O) groups is 1. The molecule has 0 atom stereocenters. The third-order valence-corrected chi connectivity index (χ3v) is 3.63. The van der Waals surface area contributed by atoms with E-state index in [-0.39, 0.29) is 30.6 Å². The second kappa shape index (κ2) is 8.29. The van der Waals surface area contributed by atoms with Gasteiger partial charge < -0.3 is 10.5 Å². The number of aromatic amines is 1. The van der Waals surface area contributed by atoms with E-state index >= 15 is 0 Å². The maximum Gasteiger partial charge on any atom is 0.325 e. The van der Waals surface area contributed by atoms with Crippen LogP contribution in [0.25, 0.3) is 0 Å². The van der Waals surface area contributed by atoms with E-state index < -0.39 is 11.5 Å². The van der Waals surface area contributed by atoms with E-state index in [0.717, 1.165) is 5.56 Å². The van der Waals surface area contributed by atoms with Gasteiger partial charge in [-0.1, -0.05) is 17.7 Å². The van der Waals surface area contributed by atoms with E-state index in [4.69, 9.17) is 22.1 Å². The first-order valence-corrected chi connectivity index (χ1v) is 7.94. The first kappa shape index (κ1) is 18.5. The monoisotopic (exact) mass is 364 g/mol. The van der Waals surface area contributed by atoms with Crippen molar-refractivity contribution < 1.29 is 14.5 Å². The number of hydrogen-bond acceptors (Lipinski definition) is 4. The maximum atomic E-state index is 11.7. The highest BCUT2D eigenvalue weighted by Crippen LogP contribution is 2.22. The van der Waals surface area contributed by atoms with E-state index in [1.54, 1.807) is 19.1 Å². The van der Waals surface area contributed by atoms with Crippen molar-refractivity contribution in [3.05, 3.63) is 50.9 Å². The Labute approximate surface area is 149 Å². The van der Waals surface area contributed by atoms with Crippen molar-refractivity contribution in [2.75, 3.05) is 11.9 Å². The second-order valence-corrected chi connectivity index (χ2v) is 5.55. The summed E-state index contributed by atoms with van der Waals surface area (Å²) in [6.45, 7) is 3.81. The lowest BCUT2D eigenvalue weighted by atomic mass is 10.2. The number of nitrogens with two attached hydrogens (primary N) is 1. The zero-order chi connectivity index (χ0) is 18.4. The first-order chi connectivity index (χ1) is 11.9. The van der Waals surface area contributed by atoms with E-state index in [2.05, 4.69) is 20.3 Å². The highest BCUT2D eigenvalue weighted by atomic mass is 35.5. The van der Waals surface area contributed by atoms with Crippen molar-refractivity contribution in [2.24, 2.45) is 5.73 Å². The lowest BCUT2D eigenvalue weighted by Gasteiger charge is -2.06. The highest BCUT2D eigenvalue weighted by Gasteiger charge is 2.12. The maximum absolute atomic E-state index is 11.7. The number of anilines is 1. The molecule has 132 valence electrons. The Bertz CT molecular complexity index is 863. The zero-order valence-corrected chi connectivity index (χ0v) is 14.6. The summed E-state index contributed by atoms with van der Waals surface area (Å²) in [7, 11) is 0. The van der Waals surface area contributed by atoms with Crippen LogP contribution in [0.15, 0.2) is 29.1 Å². The van der Waals surface area contributed by atoms with E-state index in [9.17, 15) is 9.59 Å². The molecular formula is C16H19ClN5O3+. The fourth-order valence-corrected chi connectivity index (χ4v) is 2.24. The third kappa shape index (κ3) is 5.32. The van der Waals surface area contributed by atoms with Crippen LogP contribution in [0.1, 0.15) is 18.2 Å². The fraction of sp³-hybridized carbons (Fsp3) is 0.250. The molecule has 8 nitrogen and oxygen atoms in total. The van der Waals surface area contributed by atoms with E-state index in [0.29, 0.717) is 10.7 Å². The number of carbonyl (C=O) groups excluding carboxylic acids is 1. The Morgan fingerprint density at radius 1 is 1.48 bits per heavy atom. The summed E-state index contributed by atoms with van der Waals surface area (Å²) in [5, 5.41) is 3.54. The molecule has 0 saturated carbocycles. The van der Waals surface area contributed by atoms with Crippen LogP contribution in [0.3, 0.4) is 0 Å². The van der Waals surface area contributed by atoms with Crippen molar-refractivity contribution in [3.8, 4) is 0 Å². The molecule has 1 heterocycles. The van der Waals surface area contributed by atoms with Crippen LogP contribution < -0.4 is 21.6 Å². The summed E-state index contributed by atoms with van der Waals surface area (Å²) in [6.07, 6.45) is -0.104. The van der Waals surface area contributed by atoms with Gasteiger partial charge in [0.05, 0.1) is 18.7 Å². The lowest BCUT2D eigenvalue weighted by Crippen LogP contribution is -2.73. The van der Waals surface area contributed by atoms with Gasteiger partial charge in [0.2, 0.25) is 0 Å². The second-order valence-electron chi connectivity index (χ2n) is 5.14. The fourth-order valence-electron chi connectivity index (χ4n) is 2.06. The Morgan fingerprint density at radius 2 is 2.24 bits per heavy atom. The number of benzene rings is 1. The van der Waals surface area contributed by atoms with Crippen LogP contribution in [0, 0.1) is 6.92 Å². The molecule has 9 heteroatoms. The van der Waals surface area contributed by atoms with Gasteiger partial charge in [0.25, 0.3) is 11.5 Å². The summed E-state index contributed by atoms with van der Waals surface area (Å²) in [6, 6.07) is 6.59. The molecule has 2 rings (SSSR count). The van der Waals surface area contributed by atoms with Crippen molar-refractivity contribution in [1.82, 2.24) is 9.97 Å². The number of nitrogens with one attached hydrogen (secondary N) is 3. The molecular weight excluding hydrogens is 346 g/mol. The molecule has 0 aliphatic rings. The van der Waals surface area contributed by atoms with Gasteiger partial charge in [-0.25, -0.2) is 9.98 Å². The Hall–Kier alpha value is -2.87. The van der Waals surface area contributed by atoms with Gasteiger partial charge >= 0.3 is 11.9 Å². The Morgan fingerprint density at radius 3 is 2.96 bits per heavy atom. The lowest BCUT2D eigenvalue weighted by molar-refractivity contribution is -0.365. The predicted molar refractivity (Wildman–Crippen MR) is 94.8 cm³/mol. The molecule has 5 N–H and O–H groups in total. The summed E-state index contributed by atoms with van der Waals surface area (Å²) in [5.74, 6) is -0.213. The number of aromatic nitrogens is 2. The minimum atomic E-state index is -0.462. The number of H-pyrrole nitrogens is 1. The van der Waals surface area contributed by atoms with Crippen molar-refractivity contribution in [3.63, 3.8) is 0 Å². The highest BCUT2D eigenvalue weighted by molar-refractivity contribution is 6.31. The molecule has 1 aromatic carbocycles. The molecule has 0 radical (unpaired) electrons. The van der Waals surface area contributed by atoms with Gasteiger partial charge in [0.15, 0.2) is 0 Å². The molecule has 0 aliphatic carbocycles. The smallest absolute Gasteiger partial charge is 0.325 e. The molecule has 0 amide bonds. The van der Waals surface area contributed by atoms with Crippen LogP contribution >= 0.6 is 11.6 Å².